The van der Waals surface area contributed by atoms with Gasteiger partial charge >= 0.3 is 0 Å². The highest BCUT2D eigenvalue weighted by Gasteiger charge is 2.43. The molecule has 1 aliphatic rings. The predicted octanol–water partition coefficient (Wildman–Crippen LogP) is 2.38. The number of carbonyl (C=O) groups excluding carboxylic acids is 1. The zero-order valence-electron chi connectivity index (χ0n) is 10.5. The Morgan fingerprint density at radius 3 is 2.71 bits per heavy atom. The fourth-order valence-electron chi connectivity index (χ4n) is 2.07. The van der Waals surface area contributed by atoms with Crippen LogP contribution in [-0.2, 0) is 15.3 Å². The summed E-state index contributed by atoms with van der Waals surface area (Å²) in [6.45, 7) is 7.09. The summed E-state index contributed by atoms with van der Waals surface area (Å²) in [6, 6.07) is 7.90. The molecule has 17 heavy (non-hydrogen) atoms. The molecule has 1 aromatic rings. The van der Waals surface area contributed by atoms with Gasteiger partial charge < -0.3 is 4.74 Å². The first-order valence-corrected chi connectivity index (χ1v) is 5.55. The van der Waals surface area contributed by atoms with E-state index in [4.69, 9.17) is 4.74 Å². The van der Waals surface area contributed by atoms with E-state index in [2.05, 4.69) is 5.10 Å². The number of hydrazone groups is 1. The maximum Gasteiger partial charge on any atom is 0.243 e. The van der Waals surface area contributed by atoms with Gasteiger partial charge in [-0.2, -0.15) is 5.01 Å². The van der Waals surface area contributed by atoms with Crippen LogP contribution in [0.25, 0.3) is 0 Å². The van der Waals surface area contributed by atoms with Crippen molar-refractivity contribution in [3.63, 3.8) is 0 Å². The Morgan fingerprint density at radius 2 is 2.12 bits per heavy atom. The molecule has 0 N–H and O–H groups in total. The van der Waals surface area contributed by atoms with Gasteiger partial charge in [0.05, 0.1) is 0 Å². The molecule has 4 heteroatoms. The molecule has 1 amide bonds. The number of nitrogens with zero attached hydrogens (tertiary/aromatic N) is 2. The molecular weight excluding hydrogens is 216 g/mol. The van der Waals surface area contributed by atoms with Gasteiger partial charge in [0, 0.05) is 26.3 Å². The second-order valence-corrected chi connectivity index (χ2v) is 4.40. The van der Waals surface area contributed by atoms with Gasteiger partial charge in [-0.1, -0.05) is 29.8 Å². The number of hydrogen-bond donors (Lipinski definition) is 0. The Hall–Kier alpha value is -1.84. The van der Waals surface area contributed by atoms with Crippen molar-refractivity contribution in [1.82, 2.24) is 5.01 Å². The molecule has 0 saturated heterocycles. The molecule has 1 atom stereocenters. The zero-order chi connectivity index (χ0) is 12.6. The summed E-state index contributed by atoms with van der Waals surface area (Å²) in [7, 11) is 0. The van der Waals surface area contributed by atoms with Crippen LogP contribution in [0.1, 0.15) is 31.9 Å². The van der Waals surface area contributed by atoms with Crippen LogP contribution in [0.4, 0.5) is 0 Å². The Morgan fingerprint density at radius 1 is 1.41 bits per heavy atom. The summed E-state index contributed by atoms with van der Waals surface area (Å²) in [5.74, 6) is 0.370. The van der Waals surface area contributed by atoms with Crippen LogP contribution in [0.5, 0.6) is 0 Å². The Labute approximate surface area is 101 Å². The van der Waals surface area contributed by atoms with Crippen LogP contribution in [0.15, 0.2) is 29.4 Å². The van der Waals surface area contributed by atoms with Crippen molar-refractivity contribution >= 4 is 11.8 Å². The lowest BCUT2D eigenvalue weighted by atomic mass is 10.0. The molecular formula is C13H16N2O2. The average molecular weight is 232 g/mol. The molecule has 0 radical (unpaired) electrons. The minimum absolute atomic E-state index is 0.133. The van der Waals surface area contributed by atoms with Gasteiger partial charge in [0.15, 0.2) is 0 Å². The van der Waals surface area contributed by atoms with Crippen LogP contribution in [-0.4, -0.2) is 16.8 Å². The van der Waals surface area contributed by atoms with Crippen molar-refractivity contribution in [2.24, 2.45) is 5.10 Å². The highest BCUT2D eigenvalue weighted by Crippen LogP contribution is 2.35. The summed E-state index contributed by atoms with van der Waals surface area (Å²) in [4.78, 5) is 11.6. The lowest BCUT2D eigenvalue weighted by molar-refractivity contribution is -0.146. The Bertz CT molecular complexity index is 496. The first-order valence-electron chi connectivity index (χ1n) is 5.55. The maximum atomic E-state index is 11.6. The number of ether oxygens (including phenoxy) is 1. The second-order valence-electron chi connectivity index (χ2n) is 4.40. The van der Waals surface area contributed by atoms with E-state index in [1.54, 1.807) is 6.92 Å². The van der Waals surface area contributed by atoms with Gasteiger partial charge in [-0.15, -0.1) is 5.10 Å². The smallest absolute Gasteiger partial charge is 0.243 e. The normalized spacial score (nSPS) is 23.3. The molecule has 0 aromatic heterocycles. The van der Waals surface area contributed by atoms with E-state index in [0.717, 1.165) is 11.1 Å². The third kappa shape index (κ3) is 1.90. The van der Waals surface area contributed by atoms with E-state index in [-0.39, 0.29) is 5.91 Å². The van der Waals surface area contributed by atoms with Crippen LogP contribution < -0.4 is 0 Å². The molecule has 0 spiro atoms. The van der Waals surface area contributed by atoms with Gasteiger partial charge in [-0.25, -0.2) is 0 Å². The number of carbonyl (C=O) groups is 1. The van der Waals surface area contributed by atoms with Crippen molar-refractivity contribution in [1.29, 1.82) is 0 Å². The zero-order valence-corrected chi connectivity index (χ0v) is 10.5. The summed E-state index contributed by atoms with van der Waals surface area (Å²) in [5.41, 5.74) is 1.22. The number of aryl methyl sites for hydroxylation is 1. The van der Waals surface area contributed by atoms with Crippen LogP contribution in [0.2, 0.25) is 0 Å². The lowest BCUT2D eigenvalue weighted by Gasteiger charge is -2.31. The van der Waals surface area contributed by atoms with E-state index >= 15 is 0 Å². The molecule has 1 aromatic carbocycles. The topological polar surface area (TPSA) is 41.9 Å². The Kier molecular flexibility index (Phi) is 2.65. The third-order valence-corrected chi connectivity index (χ3v) is 2.84. The van der Waals surface area contributed by atoms with E-state index in [1.165, 1.54) is 11.9 Å². The fraction of sp³-hybridized carbons (Fsp3) is 0.385. The molecule has 1 aliphatic heterocycles. The quantitative estimate of drug-likeness (QED) is 0.746. The largest absolute Gasteiger partial charge is 0.448 e. The molecule has 0 aliphatic carbocycles. The molecule has 0 bridgehead atoms. The average Bonchev–Trinajstić information content (AvgIpc) is 2.55. The number of benzene rings is 1. The summed E-state index contributed by atoms with van der Waals surface area (Å²) in [5, 5.41) is 5.51. The van der Waals surface area contributed by atoms with Gasteiger partial charge in [0.1, 0.15) is 0 Å². The van der Waals surface area contributed by atoms with Crippen LogP contribution >= 0.6 is 0 Å². The van der Waals surface area contributed by atoms with Crippen molar-refractivity contribution in [3.05, 3.63) is 35.4 Å². The molecule has 2 rings (SSSR count). The molecule has 1 unspecified atom stereocenters. The van der Waals surface area contributed by atoms with Crippen molar-refractivity contribution < 1.29 is 9.53 Å². The van der Waals surface area contributed by atoms with Gasteiger partial charge in [0.2, 0.25) is 17.5 Å². The fourth-order valence-corrected chi connectivity index (χ4v) is 2.07. The second kappa shape index (κ2) is 3.87. The van der Waals surface area contributed by atoms with Crippen LogP contribution in [0, 0.1) is 6.92 Å². The number of amides is 1. The predicted molar refractivity (Wildman–Crippen MR) is 65.2 cm³/mol. The van der Waals surface area contributed by atoms with Gasteiger partial charge in [-0.05, 0) is 6.92 Å². The standard InChI is InChI=1S/C13H16N2O2/c1-9-6-5-7-12(8-9)13(4)15(11(3)16)14-10(2)17-13/h5-8H,1-4H3. The number of rotatable bonds is 1. The lowest BCUT2D eigenvalue weighted by Crippen LogP contribution is -2.41. The maximum absolute atomic E-state index is 11.6. The molecule has 4 nitrogen and oxygen atoms in total. The van der Waals surface area contributed by atoms with Crippen molar-refractivity contribution in [3.8, 4) is 0 Å². The van der Waals surface area contributed by atoms with Crippen molar-refractivity contribution in [2.45, 2.75) is 33.4 Å². The van der Waals surface area contributed by atoms with E-state index in [1.807, 2.05) is 38.1 Å². The number of hydrogen-bond acceptors (Lipinski definition) is 3. The first-order chi connectivity index (χ1) is 7.93. The third-order valence-electron chi connectivity index (χ3n) is 2.84. The van der Waals surface area contributed by atoms with Gasteiger partial charge in [0.25, 0.3) is 0 Å². The van der Waals surface area contributed by atoms with E-state index in [9.17, 15) is 4.79 Å². The summed E-state index contributed by atoms with van der Waals surface area (Å²) >= 11 is 0. The van der Waals surface area contributed by atoms with E-state index < -0.39 is 5.72 Å². The summed E-state index contributed by atoms with van der Waals surface area (Å²) < 4.78 is 5.72. The molecule has 0 saturated carbocycles. The Balaban J connectivity index is 2.46. The molecule has 1 heterocycles. The SMILES string of the molecule is CC(=O)N1N=C(C)OC1(C)c1cccc(C)c1. The summed E-state index contributed by atoms with van der Waals surface area (Å²) in [6.07, 6.45) is 0. The first kappa shape index (κ1) is 11.6. The van der Waals surface area contributed by atoms with Crippen LogP contribution in [0.3, 0.4) is 0 Å². The van der Waals surface area contributed by atoms with E-state index in [0.29, 0.717) is 5.90 Å². The van der Waals surface area contributed by atoms with Gasteiger partial charge in [-0.3, -0.25) is 4.79 Å². The monoisotopic (exact) mass is 232 g/mol. The molecule has 90 valence electrons. The molecule has 0 fully saturated rings. The minimum atomic E-state index is -0.831. The van der Waals surface area contributed by atoms with Crippen molar-refractivity contribution in [2.75, 3.05) is 0 Å². The highest BCUT2D eigenvalue weighted by molar-refractivity contribution is 5.82. The minimum Gasteiger partial charge on any atom is -0.448 e. The highest BCUT2D eigenvalue weighted by atomic mass is 16.6.